The Labute approximate surface area is 99.9 Å². The summed E-state index contributed by atoms with van der Waals surface area (Å²) < 4.78 is 1.67. The van der Waals surface area contributed by atoms with Crippen molar-refractivity contribution < 1.29 is 0 Å². The molecular weight excluding hydrogens is 226 g/mol. The summed E-state index contributed by atoms with van der Waals surface area (Å²) in [6.45, 7) is 3.32. The molecule has 16 heavy (non-hydrogen) atoms. The highest BCUT2D eigenvalue weighted by molar-refractivity contribution is 6.18. The summed E-state index contributed by atoms with van der Waals surface area (Å²) in [6, 6.07) is 0.464. The largest absolute Gasteiger partial charge is 0.348 e. The summed E-state index contributed by atoms with van der Waals surface area (Å²) in [5.41, 5.74) is -0.0120. The number of nitrogens with zero attached hydrogens (tertiary/aromatic N) is 3. The summed E-state index contributed by atoms with van der Waals surface area (Å²) >= 11 is 5.77. The molecule has 1 aliphatic carbocycles. The van der Waals surface area contributed by atoms with E-state index in [0.29, 0.717) is 30.8 Å². The van der Waals surface area contributed by atoms with Crippen LogP contribution in [-0.2, 0) is 6.54 Å². The topological polar surface area (TPSA) is 38.1 Å². The van der Waals surface area contributed by atoms with E-state index in [1.807, 2.05) is 11.8 Å². The van der Waals surface area contributed by atoms with Crippen molar-refractivity contribution in [1.82, 2.24) is 9.55 Å². The van der Waals surface area contributed by atoms with Crippen molar-refractivity contribution in [1.29, 1.82) is 0 Å². The van der Waals surface area contributed by atoms with Crippen molar-refractivity contribution in [3.8, 4) is 0 Å². The number of hydrogen-bond acceptors (Lipinski definition) is 3. The molecule has 0 atom stereocenters. The van der Waals surface area contributed by atoms with Crippen molar-refractivity contribution >= 4 is 17.4 Å². The number of aromatic nitrogens is 2. The van der Waals surface area contributed by atoms with Crippen LogP contribution < -0.4 is 10.5 Å². The maximum Gasteiger partial charge on any atom is 0.293 e. The van der Waals surface area contributed by atoms with E-state index in [4.69, 9.17) is 11.6 Å². The summed E-state index contributed by atoms with van der Waals surface area (Å²) in [5.74, 6) is 1.08. The molecule has 0 aromatic carbocycles. The Bertz CT molecular complexity index is 414. The van der Waals surface area contributed by atoms with Crippen molar-refractivity contribution in [2.45, 2.75) is 32.4 Å². The molecule has 0 N–H and O–H groups in total. The van der Waals surface area contributed by atoms with Gasteiger partial charge in [0.2, 0.25) is 0 Å². The Kier molecular flexibility index (Phi) is 3.49. The van der Waals surface area contributed by atoms with Crippen molar-refractivity contribution in [2.75, 3.05) is 17.3 Å². The monoisotopic (exact) mass is 241 g/mol. The molecule has 2 rings (SSSR count). The molecule has 1 saturated carbocycles. The van der Waals surface area contributed by atoms with Gasteiger partial charge in [0.05, 0.1) is 0 Å². The zero-order valence-corrected chi connectivity index (χ0v) is 10.2. The lowest BCUT2D eigenvalue weighted by Crippen LogP contribution is -2.36. The zero-order valence-electron chi connectivity index (χ0n) is 9.40. The van der Waals surface area contributed by atoms with Crippen LogP contribution in [0.25, 0.3) is 0 Å². The lowest BCUT2D eigenvalue weighted by atomic mass is 10.4. The van der Waals surface area contributed by atoms with Gasteiger partial charge >= 0.3 is 0 Å². The SMILES string of the molecule is CCn1ccnc(N(CCCl)C2CC2)c1=O. The van der Waals surface area contributed by atoms with Crippen LogP contribution >= 0.6 is 11.6 Å². The van der Waals surface area contributed by atoms with Gasteiger partial charge in [0.1, 0.15) is 0 Å². The lowest BCUT2D eigenvalue weighted by Gasteiger charge is -2.21. The van der Waals surface area contributed by atoms with E-state index in [-0.39, 0.29) is 5.56 Å². The number of alkyl halides is 1. The summed E-state index contributed by atoms with van der Waals surface area (Å²) in [4.78, 5) is 18.3. The Morgan fingerprint density at radius 3 is 2.94 bits per heavy atom. The highest BCUT2D eigenvalue weighted by atomic mass is 35.5. The first-order chi connectivity index (χ1) is 7.77. The smallest absolute Gasteiger partial charge is 0.293 e. The van der Waals surface area contributed by atoms with Gasteiger partial charge in [-0.3, -0.25) is 4.79 Å². The first kappa shape index (κ1) is 11.5. The van der Waals surface area contributed by atoms with Gasteiger partial charge in [0.15, 0.2) is 5.82 Å². The van der Waals surface area contributed by atoms with Crippen LogP contribution in [0.5, 0.6) is 0 Å². The van der Waals surface area contributed by atoms with Crippen molar-refractivity contribution in [2.24, 2.45) is 0 Å². The van der Waals surface area contributed by atoms with Crippen LogP contribution in [0.4, 0.5) is 5.82 Å². The van der Waals surface area contributed by atoms with E-state index in [2.05, 4.69) is 4.98 Å². The van der Waals surface area contributed by atoms with Gasteiger partial charge in [-0.15, -0.1) is 11.6 Å². The third-order valence-electron chi connectivity index (χ3n) is 2.82. The molecule has 1 aromatic rings. The van der Waals surface area contributed by atoms with Crippen LogP contribution in [0.15, 0.2) is 17.2 Å². The summed E-state index contributed by atoms with van der Waals surface area (Å²) in [6.07, 6.45) is 5.68. The fraction of sp³-hybridized carbons (Fsp3) is 0.636. The molecule has 0 saturated heterocycles. The quantitative estimate of drug-likeness (QED) is 0.733. The van der Waals surface area contributed by atoms with Gasteiger partial charge in [-0.25, -0.2) is 4.98 Å². The molecule has 1 heterocycles. The van der Waals surface area contributed by atoms with Crippen LogP contribution in [-0.4, -0.2) is 28.0 Å². The lowest BCUT2D eigenvalue weighted by molar-refractivity contribution is 0.698. The minimum Gasteiger partial charge on any atom is -0.348 e. The standard InChI is InChI=1S/C11H16ClN3O/c1-2-14-8-6-13-10(11(14)16)15(7-5-12)9-3-4-9/h6,8-9H,2-5,7H2,1H3. The van der Waals surface area contributed by atoms with E-state index in [9.17, 15) is 4.79 Å². The molecule has 4 nitrogen and oxygen atoms in total. The molecule has 88 valence electrons. The Morgan fingerprint density at radius 1 is 1.62 bits per heavy atom. The van der Waals surface area contributed by atoms with Gasteiger partial charge in [0, 0.05) is 37.4 Å². The van der Waals surface area contributed by atoms with E-state index < -0.39 is 0 Å². The van der Waals surface area contributed by atoms with E-state index in [1.165, 1.54) is 0 Å². The minimum atomic E-state index is -0.0120. The zero-order chi connectivity index (χ0) is 11.5. The second-order valence-corrected chi connectivity index (χ2v) is 4.33. The average molecular weight is 242 g/mol. The van der Waals surface area contributed by atoms with Gasteiger partial charge in [-0.2, -0.15) is 0 Å². The molecule has 1 aromatic heterocycles. The molecule has 5 heteroatoms. The molecule has 0 bridgehead atoms. The van der Waals surface area contributed by atoms with Crippen LogP contribution in [0.1, 0.15) is 19.8 Å². The molecule has 0 unspecified atom stereocenters. The highest BCUT2D eigenvalue weighted by Gasteiger charge is 2.31. The van der Waals surface area contributed by atoms with E-state index in [0.717, 1.165) is 12.8 Å². The molecule has 1 aliphatic rings. The number of anilines is 1. The van der Waals surface area contributed by atoms with Crippen molar-refractivity contribution in [3.05, 3.63) is 22.7 Å². The average Bonchev–Trinajstić information content (AvgIpc) is 3.11. The van der Waals surface area contributed by atoms with E-state index >= 15 is 0 Å². The third kappa shape index (κ3) is 2.21. The Hall–Kier alpha value is -1.03. The number of halogens is 1. The van der Waals surface area contributed by atoms with Crippen molar-refractivity contribution in [3.63, 3.8) is 0 Å². The molecule has 0 radical (unpaired) electrons. The Morgan fingerprint density at radius 2 is 2.38 bits per heavy atom. The highest BCUT2D eigenvalue weighted by Crippen LogP contribution is 2.28. The maximum atomic E-state index is 12.1. The van der Waals surface area contributed by atoms with Crippen LogP contribution in [0.3, 0.4) is 0 Å². The van der Waals surface area contributed by atoms with E-state index in [1.54, 1.807) is 17.0 Å². The normalized spacial score (nSPS) is 15.1. The summed E-state index contributed by atoms with van der Waals surface area (Å²) in [7, 11) is 0. The molecule has 0 amide bonds. The number of aryl methyl sites for hydroxylation is 1. The summed E-state index contributed by atoms with van der Waals surface area (Å²) in [5, 5.41) is 0. The molecule has 0 aliphatic heterocycles. The Balaban J connectivity index is 2.33. The molecule has 0 spiro atoms. The van der Waals surface area contributed by atoms with Crippen LogP contribution in [0, 0.1) is 0 Å². The van der Waals surface area contributed by atoms with Crippen LogP contribution in [0.2, 0.25) is 0 Å². The number of rotatable bonds is 5. The van der Waals surface area contributed by atoms with Gasteiger partial charge in [-0.1, -0.05) is 0 Å². The second-order valence-electron chi connectivity index (χ2n) is 3.96. The molecule has 1 fully saturated rings. The predicted octanol–water partition coefficient (Wildman–Crippen LogP) is 1.47. The first-order valence-corrected chi connectivity index (χ1v) is 6.19. The fourth-order valence-electron chi connectivity index (χ4n) is 1.82. The maximum absolute atomic E-state index is 12.1. The predicted molar refractivity (Wildman–Crippen MR) is 65.3 cm³/mol. The third-order valence-corrected chi connectivity index (χ3v) is 2.99. The van der Waals surface area contributed by atoms with Gasteiger partial charge < -0.3 is 9.47 Å². The van der Waals surface area contributed by atoms with Gasteiger partial charge in [0.25, 0.3) is 5.56 Å². The molecular formula is C11H16ClN3O. The minimum absolute atomic E-state index is 0.0120. The fourth-order valence-corrected chi connectivity index (χ4v) is 2.00. The van der Waals surface area contributed by atoms with Gasteiger partial charge in [-0.05, 0) is 19.8 Å². The second kappa shape index (κ2) is 4.87. The first-order valence-electron chi connectivity index (χ1n) is 5.66. The number of hydrogen-bond donors (Lipinski definition) is 0.